The molecule has 0 aliphatic heterocycles. The third-order valence-corrected chi connectivity index (χ3v) is 5.39. The molecular formula is C27H30N4O11. The fraction of sp³-hybridized carbons (Fsp3) is 0.296. The van der Waals surface area contributed by atoms with Crippen LogP contribution in [0.3, 0.4) is 0 Å². The smallest absolute Gasteiger partial charge is 0.336 e. The number of rotatable bonds is 13. The summed E-state index contributed by atoms with van der Waals surface area (Å²) in [5.74, 6) is -3.93. The van der Waals surface area contributed by atoms with E-state index in [1.807, 2.05) is 48.5 Å². The molecule has 5 N–H and O–H groups in total. The first-order chi connectivity index (χ1) is 19.9. The predicted molar refractivity (Wildman–Crippen MR) is 146 cm³/mol. The number of aromatic nitrogens is 3. The maximum atomic E-state index is 11.6. The van der Waals surface area contributed by atoms with E-state index >= 15 is 0 Å². The Morgan fingerprint density at radius 3 is 1.76 bits per heavy atom. The molecule has 0 bridgehead atoms. The van der Waals surface area contributed by atoms with Crippen molar-refractivity contribution in [1.82, 2.24) is 15.2 Å². The van der Waals surface area contributed by atoms with E-state index in [0.717, 1.165) is 11.1 Å². The minimum Gasteiger partial charge on any atom is -0.496 e. The van der Waals surface area contributed by atoms with Gasteiger partial charge in [-0.25, -0.2) is 9.78 Å². The van der Waals surface area contributed by atoms with Crippen LogP contribution in [0, 0.1) is 0 Å². The van der Waals surface area contributed by atoms with Crippen molar-refractivity contribution >= 4 is 29.8 Å². The summed E-state index contributed by atoms with van der Waals surface area (Å²) in [4.78, 5) is 46.7. The van der Waals surface area contributed by atoms with E-state index in [1.165, 1.54) is 0 Å². The third kappa shape index (κ3) is 9.12. The maximum absolute atomic E-state index is 11.6. The average Bonchev–Trinajstić information content (AvgIpc) is 2.95. The van der Waals surface area contributed by atoms with Crippen LogP contribution in [-0.4, -0.2) is 92.5 Å². The molecule has 3 aromatic rings. The molecule has 0 aliphatic rings. The van der Waals surface area contributed by atoms with Crippen LogP contribution >= 0.6 is 0 Å². The summed E-state index contributed by atoms with van der Waals surface area (Å²) in [6, 6.07) is 15.0. The monoisotopic (exact) mass is 586 g/mol. The minimum atomic E-state index is -2.74. The van der Waals surface area contributed by atoms with Crippen molar-refractivity contribution in [2.45, 2.75) is 25.4 Å². The second kappa shape index (κ2) is 15.5. The molecule has 0 spiro atoms. The normalized spacial score (nSPS) is 10.5. The van der Waals surface area contributed by atoms with Gasteiger partial charge in [-0.05, 0) is 31.2 Å². The Kier molecular flexibility index (Phi) is 12.1. The molecule has 0 saturated heterocycles. The highest BCUT2D eigenvalue weighted by Gasteiger charge is 2.40. The number of aliphatic hydroxyl groups is 1. The molecule has 0 radical (unpaired) electrons. The molecule has 42 heavy (non-hydrogen) atoms. The molecule has 224 valence electrons. The Bertz CT molecular complexity index is 1400. The zero-order chi connectivity index (χ0) is 31.3. The van der Waals surface area contributed by atoms with Crippen LogP contribution in [-0.2, 0) is 23.9 Å². The first-order valence-electron chi connectivity index (χ1n) is 12.3. The van der Waals surface area contributed by atoms with Gasteiger partial charge in [0, 0.05) is 11.1 Å². The molecule has 15 nitrogen and oxygen atoms in total. The average molecular weight is 587 g/mol. The van der Waals surface area contributed by atoms with Gasteiger partial charge in [-0.1, -0.05) is 24.3 Å². The molecule has 15 heteroatoms. The fourth-order valence-corrected chi connectivity index (χ4v) is 3.53. The van der Waals surface area contributed by atoms with Gasteiger partial charge in [0.2, 0.25) is 5.95 Å². The molecule has 0 atom stereocenters. The molecule has 1 aromatic heterocycles. The number of hydrogen-bond acceptors (Lipinski definition) is 12. The highest BCUT2D eigenvalue weighted by Crippen LogP contribution is 2.38. The van der Waals surface area contributed by atoms with Crippen molar-refractivity contribution in [1.29, 1.82) is 0 Å². The molecule has 0 fully saturated rings. The Morgan fingerprint density at radius 1 is 0.810 bits per heavy atom. The molecule has 1 heterocycles. The first kappa shape index (κ1) is 32.9. The van der Waals surface area contributed by atoms with E-state index < -0.39 is 42.3 Å². The van der Waals surface area contributed by atoms with Gasteiger partial charge in [-0.3, -0.25) is 14.4 Å². The number of ether oxygens (including phenoxy) is 3. The van der Waals surface area contributed by atoms with Gasteiger partial charge in [-0.2, -0.15) is 0 Å². The molecule has 0 amide bonds. The van der Waals surface area contributed by atoms with Crippen molar-refractivity contribution in [2.75, 3.05) is 32.7 Å². The minimum absolute atomic E-state index is 0.0606. The number of carboxylic acid groups (broad SMARTS) is 3. The number of hydrogen-bond donors (Lipinski definition) is 5. The quantitative estimate of drug-likeness (QED) is 0.180. The summed E-state index contributed by atoms with van der Waals surface area (Å²) < 4.78 is 15.9. The van der Waals surface area contributed by atoms with E-state index in [-0.39, 0.29) is 12.5 Å². The Labute approximate surface area is 239 Å². The van der Waals surface area contributed by atoms with Crippen LogP contribution < -0.4 is 14.8 Å². The van der Waals surface area contributed by atoms with Crippen LogP contribution in [0.4, 0.5) is 5.95 Å². The number of para-hydroxylation sites is 2. The fourth-order valence-electron chi connectivity index (χ4n) is 3.53. The number of nitrogens with one attached hydrogen (secondary N) is 1. The van der Waals surface area contributed by atoms with E-state index in [4.69, 9.17) is 34.6 Å². The third-order valence-electron chi connectivity index (χ3n) is 5.39. The summed E-state index contributed by atoms with van der Waals surface area (Å²) in [5.41, 5.74) is -0.169. The van der Waals surface area contributed by atoms with Gasteiger partial charge in [0.05, 0.1) is 33.7 Å². The van der Waals surface area contributed by atoms with Crippen LogP contribution in [0.15, 0.2) is 48.5 Å². The molecule has 0 saturated carbocycles. The summed E-state index contributed by atoms with van der Waals surface area (Å²) in [6.07, 6.45) is -2.29. The zero-order valence-corrected chi connectivity index (χ0v) is 22.9. The van der Waals surface area contributed by atoms with Gasteiger partial charge in [-0.15, -0.1) is 10.2 Å². The molecular weight excluding hydrogens is 556 g/mol. The van der Waals surface area contributed by atoms with Crippen LogP contribution in [0.2, 0.25) is 0 Å². The lowest BCUT2D eigenvalue weighted by atomic mass is 9.96. The number of carbonyl (C=O) groups excluding carboxylic acids is 1. The van der Waals surface area contributed by atoms with E-state index in [1.54, 1.807) is 21.1 Å². The van der Waals surface area contributed by atoms with Crippen molar-refractivity contribution in [3.05, 3.63) is 48.5 Å². The number of aliphatic carboxylic acids is 3. The van der Waals surface area contributed by atoms with E-state index in [9.17, 15) is 19.2 Å². The SMILES string of the molecule is CCOC(=O)CNc1nnc(-c2ccccc2OC)c(-c2ccccc2OC)n1.O=C(O)CC(O)(CC(=O)O)C(=O)O. The molecule has 3 rings (SSSR count). The van der Waals surface area contributed by atoms with Gasteiger partial charge in [0.15, 0.2) is 5.60 Å². The zero-order valence-electron chi connectivity index (χ0n) is 22.9. The van der Waals surface area contributed by atoms with Crippen molar-refractivity contribution in [3.8, 4) is 34.0 Å². The van der Waals surface area contributed by atoms with Gasteiger partial charge in [0.1, 0.15) is 29.4 Å². The summed E-state index contributed by atoms with van der Waals surface area (Å²) in [5, 5.41) is 45.2. The lowest BCUT2D eigenvalue weighted by molar-refractivity contribution is -0.170. The van der Waals surface area contributed by atoms with Crippen molar-refractivity contribution in [3.63, 3.8) is 0 Å². The number of benzene rings is 2. The highest BCUT2D eigenvalue weighted by molar-refractivity contribution is 5.88. The van der Waals surface area contributed by atoms with Gasteiger partial charge in [0.25, 0.3) is 0 Å². The second-order valence-electron chi connectivity index (χ2n) is 8.37. The Morgan fingerprint density at radius 2 is 1.31 bits per heavy atom. The van der Waals surface area contributed by atoms with Crippen molar-refractivity contribution < 1.29 is 53.8 Å². The first-order valence-corrected chi connectivity index (χ1v) is 12.3. The van der Waals surface area contributed by atoms with Crippen LogP contribution in [0.1, 0.15) is 19.8 Å². The number of nitrogens with zero attached hydrogens (tertiary/aromatic N) is 3. The lowest BCUT2D eigenvalue weighted by Gasteiger charge is -2.18. The standard InChI is InChI=1S/C21H22N4O4.C6H8O7/c1-4-29-18(26)13-22-21-23-19(14-9-5-7-11-16(14)27-2)20(24-25-21)15-10-6-8-12-17(15)28-3;7-3(8)1-6(13,5(11)12)2-4(9)10/h5-12H,4,13H2,1-3H3,(H,22,23,25);13H,1-2H2,(H,7,8)(H,9,10)(H,11,12). The Hall–Kier alpha value is -5.31. The second-order valence-corrected chi connectivity index (χ2v) is 8.37. The predicted octanol–water partition coefficient (Wildman–Crippen LogP) is 1.95. The molecule has 0 aliphatic carbocycles. The molecule has 2 aromatic carbocycles. The van der Waals surface area contributed by atoms with Gasteiger partial charge < -0.3 is 40.0 Å². The summed E-state index contributed by atoms with van der Waals surface area (Å²) in [7, 11) is 3.19. The van der Waals surface area contributed by atoms with Gasteiger partial charge >= 0.3 is 23.9 Å². The number of carboxylic acids is 3. The largest absolute Gasteiger partial charge is 0.496 e. The van der Waals surface area contributed by atoms with Crippen molar-refractivity contribution in [2.24, 2.45) is 0 Å². The topological polar surface area (TPSA) is 228 Å². The summed E-state index contributed by atoms with van der Waals surface area (Å²) >= 11 is 0. The number of esters is 1. The Balaban J connectivity index is 0.000000401. The number of methoxy groups -OCH3 is 2. The summed E-state index contributed by atoms with van der Waals surface area (Å²) in [6.45, 7) is 1.99. The van der Waals surface area contributed by atoms with E-state index in [0.29, 0.717) is 29.5 Å². The van der Waals surface area contributed by atoms with Crippen LogP contribution in [0.5, 0.6) is 11.5 Å². The number of anilines is 1. The van der Waals surface area contributed by atoms with E-state index in [2.05, 4.69) is 20.5 Å². The number of carbonyl (C=O) groups is 4. The maximum Gasteiger partial charge on any atom is 0.336 e. The molecule has 0 unspecified atom stereocenters. The lowest BCUT2D eigenvalue weighted by Crippen LogP contribution is -2.42. The van der Waals surface area contributed by atoms with Crippen LogP contribution in [0.25, 0.3) is 22.5 Å². The highest BCUT2D eigenvalue weighted by atomic mass is 16.5.